The normalized spacial score (nSPS) is 11.2. The first-order chi connectivity index (χ1) is 13.3. The Morgan fingerprint density at radius 1 is 1.07 bits per heavy atom. The zero-order chi connectivity index (χ0) is 20.6. The van der Waals surface area contributed by atoms with Gasteiger partial charge in [-0.1, -0.05) is 6.42 Å². The summed E-state index contributed by atoms with van der Waals surface area (Å²) in [5.41, 5.74) is 4.56. The predicted molar refractivity (Wildman–Crippen MR) is 100 cm³/mol. The molecular formula is C17H22F3N7O. The van der Waals surface area contributed by atoms with Gasteiger partial charge in [-0.05, 0) is 43.7 Å². The number of unbranched alkanes of at least 4 members (excludes halogenated alkanes) is 2. The molecule has 0 saturated heterocycles. The molecule has 152 valence electrons. The first kappa shape index (κ1) is 21.4. The van der Waals surface area contributed by atoms with Gasteiger partial charge in [-0.2, -0.15) is 13.2 Å². The number of carbonyl (C=O) groups excluding carboxylic acids is 1. The molecule has 0 fully saturated rings. The van der Waals surface area contributed by atoms with Crippen molar-refractivity contribution in [3.63, 3.8) is 0 Å². The van der Waals surface area contributed by atoms with Crippen LogP contribution in [-0.4, -0.2) is 41.2 Å². The molecule has 2 aromatic heterocycles. The van der Waals surface area contributed by atoms with E-state index in [1.165, 1.54) is 0 Å². The second kappa shape index (κ2) is 9.83. The van der Waals surface area contributed by atoms with Gasteiger partial charge >= 0.3 is 6.18 Å². The fourth-order valence-electron chi connectivity index (χ4n) is 2.30. The van der Waals surface area contributed by atoms with E-state index in [2.05, 4.69) is 31.1 Å². The van der Waals surface area contributed by atoms with E-state index < -0.39 is 17.8 Å². The molecule has 2 aromatic rings. The van der Waals surface area contributed by atoms with Crippen molar-refractivity contribution in [2.24, 2.45) is 5.73 Å². The molecular weight excluding hydrogens is 375 g/mol. The molecule has 11 heteroatoms. The van der Waals surface area contributed by atoms with Crippen LogP contribution in [-0.2, 0) is 6.18 Å². The summed E-state index contributed by atoms with van der Waals surface area (Å²) in [4.78, 5) is 16.9. The number of anilines is 3. The van der Waals surface area contributed by atoms with Crippen LogP contribution in [0.3, 0.4) is 0 Å². The van der Waals surface area contributed by atoms with Crippen molar-refractivity contribution in [1.82, 2.24) is 15.2 Å². The maximum Gasteiger partial charge on any atom is 0.435 e. The number of alkyl halides is 3. The van der Waals surface area contributed by atoms with E-state index in [4.69, 9.17) is 5.73 Å². The van der Waals surface area contributed by atoms with Crippen LogP contribution >= 0.6 is 0 Å². The highest BCUT2D eigenvalue weighted by molar-refractivity contribution is 6.07. The van der Waals surface area contributed by atoms with E-state index in [0.29, 0.717) is 24.7 Å². The maximum atomic E-state index is 12.5. The zero-order valence-electron chi connectivity index (χ0n) is 15.3. The van der Waals surface area contributed by atoms with Crippen LogP contribution in [0.1, 0.15) is 35.3 Å². The molecule has 0 radical (unpaired) electrons. The van der Waals surface area contributed by atoms with Crippen LogP contribution in [0.5, 0.6) is 0 Å². The second-order valence-corrected chi connectivity index (χ2v) is 5.87. The largest absolute Gasteiger partial charge is 0.435 e. The number of carbonyl (C=O) groups is 1. The van der Waals surface area contributed by atoms with Gasteiger partial charge in [0.2, 0.25) is 0 Å². The molecule has 0 spiro atoms. The van der Waals surface area contributed by atoms with Crippen LogP contribution < -0.4 is 21.7 Å². The van der Waals surface area contributed by atoms with Crippen LogP contribution in [0.2, 0.25) is 0 Å². The van der Waals surface area contributed by atoms with Crippen LogP contribution in [0.4, 0.5) is 30.6 Å². The van der Waals surface area contributed by atoms with Crippen molar-refractivity contribution >= 4 is 23.4 Å². The van der Waals surface area contributed by atoms with Gasteiger partial charge in [0.25, 0.3) is 5.91 Å². The number of rotatable bonds is 9. The SMILES string of the molecule is CNc1ccc(C(=O)Nc2ccc(C(F)(F)F)nn2)c(NCCCCCN)n1. The fraction of sp³-hybridized carbons (Fsp3) is 0.412. The average molecular weight is 397 g/mol. The van der Waals surface area contributed by atoms with E-state index in [0.717, 1.165) is 31.4 Å². The van der Waals surface area contributed by atoms with Gasteiger partial charge < -0.3 is 21.7 Å². The van der Waals surface area contributed by atoms with E-state index in [1.807, 2.05) is 0 Å². The van der Waals surface area contributed by atoms with Gasteiger partial charge in [-0.25, -0.2) is 4.98 Å². The molecule has 1 amide bonds. The molecule has 28 heavy (non-hydrogen) atoms. The van der Waals surface area contributed by atoms with Crippen molar-refractivity contribution in [2.75, 3.05) is 36.1 Å². The summed E-state index contributed by atoms with van der Waals surface area (Å²) in [6.45, 7) is 1.22. The number of hydrogen-bond donors (Lipinski definition) is 4. The third kappa shape index (κ3) is 6.05. The number of nitrogens with zero attached hydrogens (tertiary/aromatic N) is 3. The fourth-order valence-corrected chi connectivity index (χ4v) is 2.30. The van der Waals surface area contributed by atoms with E-state index in [1.54, 1.807) is 19.2 Å². The van der Waals surface area contributed by atoms with Gasteiger partial charge in [0.15, 0.2) is 11.5 Å². The van der Waals surface area contributed by atoms with Crippen LogP contribution in [0, 0.1) is 0 Å². The molecule has 8 nitrogen and oxygen atoms in total. The lowest BCUT2D eigenvalue weighted by atomic mass is 10.2. The van der Waals surface area contributed by atoms with Crippen molar-refractivity contribution in [1.29, 1.82) is 0 Å². The minimum absolute atomic E-state index is 0.0930. The Labute approximate surface area is 160 Å². The standard InChI is InChI=1S/C17H22F3N7O/c1-22-13-7-5-11(15(24-13)23-10-4-2-3-9-21)16(28)25-14-8-6-12(26-27-14)17(18,19)20/h5-8H,2-4,9-10,21H2,1H3,(H2,22,23,24)(H,25,27,28). The number of nitrogens with one attached hydrogen (secondary N) is 3. The molecule has 0 aliphatic rings. The number of aromatic nitrogens is 3. The first-order valence-corrected chi connectivity index (χ1v) is 8.70. The summed E-state index contributed by atoms with van der Waals surface area (Å²) < 4.78 is 37.6. The molecule has 0 aliphatic carbocycles. The number of nitrogens with two attached hydrogens (primary N) is 1. The topological polar surface area (TPSA) is 118 Å². The summed E-state index contributed by atoms with van der Waals surface area (Å²) in [5.74, 6) is 0.269. The number of amides is 1. The van der Waals surface area contributed by atoms with Gasteiger partial charge in [0, 0.05) is 13.6 Å². The Bertz CT molecular complexity index is 781. The highest BCUT2D eigenvalue weighted by atomic mass is 19.4. The molecule has 2 heterocycles. The Morgan fingerprint density at radius 2 is 1.82 bits per heavy atom. The number of hydrogen-bond acceptors (Lipinski definition) is 7. The predicted octanol–water partition coefficient (Wildman–Crippen LogP) is 2.73. The quantitative estimate of drug-likeness (QED) is 0.481. The van der Waals surface area contributed by atoms with Gasteiger partial charge in [-0.15, -0.1) is 10.2 Å². The van der Waals surface area contributed by atoms with Gasteiger partial charge in [-0.3, -0.25) is 4.79 Å². The molecule has 0 bridgehead atoms. The zero-order valence-corrected chi connectivity index (χ0v) is 15.3. The Kier molecular flexibility index (Phi) is 7.50. The van der Waals surface area contributed by atoms with Gasteiger partial charge in [0.1, 0.15) is 11.6 Å². The highest BCUT2D eigenvalue weighted by Gasteiger charge is 2.33. The Balaban J connectivity index is 2.10. The number of halogens is 3. The molecule has 0 aromatic carbocycles. The van der Waals surface area contributed by atoms with Crippen molar-refractivity contribution in [3.8, 4) is 0 Å². The molecule has 0 atom stereocenters. The third-order valence-corrected chi connectivity index (χ3v) is 3.77. The maximum absolute atomic E-state index is 12.5. The van der Waals surface area contributed by atoms with Crippen molar-refractivity contribution < 1.29 is 18.0 Å². The highest BCUT2D eigenvalue weighted by Crippen LogP contribution is 2.27. The third-order valence-electron chi connectivity index (χ3n) is 3.77. The summed E-state index contributed by atoms with van der Waals surface area (Å²) in [7, 11) is 1.70. The minimum atomic E-state index is -4.59. The second-order valence-electron chi connectivity index (χ2n) is 5.87. The summed E-state index contributed by atoms with van der Waals surface area (Å²) in [5, 5.41) is 14.9. The first-order valence-electron chi connectivity index (χ1n) is 8.70. The molecule has 2 rings (SSSR count). The van der Waals surface area contributed by atoms with E-state index >= 15 is 0 Å². The minimum Gasteiger partial charge on any atom is -0.373 e. The smallest absolute Gasteiger partial charge is 0.373 e. The van der Waals surface area contributed by atoms with Crippen molar-refractivity contribution in [2.45, 2.75) is 25.4 Å². The monoisotopic (exact) mass is 397 g/mol. The lowest BCUT2D eigenvalue weighted by molar-refractivity contribution is -0.141. The van der Waals surface area contributed by atoms with Crippen molar-refractivity contribution in [3.05, 3.63) is 35.5 Å². The average Bonchev–Trinajstić information content (AvgIpc) is 2.67. The summed E-state index contributed by atoms with van der Waals surface area (Å²) in [6, 6.07) is 4.98. The van der Waals surface area contributed by atoms with E-state index in [9.17, 15) is 18.0 Å². The molecule has 0 saturated carbocycles. The lowest BCUT2D eigenvalue weighted by Crippen LogP contribution is -2.18. The van der Waals surface area contributed by atoms with Gasteiger partial charge in [0.05, 0.1) is 5.56 Å². The van der Waals surface area contributed by atoms with Crippen LogP contribution in [0.25, 0.3) is 0 Å². The molecule has 0 unspecified atom stereocenters. The number of pyridine rings is 1. The molecule has 5 N–H and O–H groups in total. The Morgan fingerprint density at radius 3 is 2.43 bits per heavy atom. The Hall–Kier alpha value is -2.95. The summed E-state index contributed by atoms with van der Waals surface area (Å²) in [6.07, 6.45) is -1.89. The molecule has 0 aliphatic heterocycles. The summed E-state index contributed by atoms with van der Waals surface area (Å²) >= 11 is 0. The lowest BCUT2D eigenvalue weighted by Gasteiger charge is -2.13. The van der Waals surface area contributed by atoms with Crippen LogP contribution in [0.15, 0.2) is 24.3 Å². The van der Waals surface area contributed by atoms with E-state index in [-0.39, 0.29) is 11.4 Å².